The van der Waals surface area contributed by atoms with E-state index >= 15 is 0 Å². The molecule has 0 aliphatic carbocycles. The van der Waals surface area contributed by atoms with Crippen LogP contribution in [0.15, 0.2) is 18.5 Å². The van der Waals surface area contributed by atoms with Gasteiger partial charge in [0.2, 0.25) is 0 Å². The number of nitrogens with one attached hydrogen (secondary N) is 1. The Morgan fingerprint density at radius 3 is 3.10 bits per heavy atom. The molecule has 1 aromatic heterocycles. The molecule has 1 heterocycles. The van der Waals surface area contributed by atoms with E-state index in [4.69, 9.17) is 5.26 Å². The lowest BCUT2D eigenvalue weighted by atomic mass is 10.3. The van der Waals surface area contributed by atoms with E-state index in [1.165, 1.54) is 18.5 Å². The van der Waals surface area contributed by atoms with Crippen LogP contribution in [-0.4, -0.2) is 11.0 Å². The fourth-order valence-electron chi connectivity index (χ4n) is 0.551. The highest BCUT2D eigenvalue weighted by Gasteiger charge is 2.04. The summed E-state index contributed by atoms with van der Waals surface area (Å²) in [5, 5.41) is 7.93. The van der Waals surface area contributed by atoms with Gasteiger partial charge in [0, 0.05) is 12.4 Å². The first-order chi connectivity index (χ1) is 4.84. The molecule has 1 rings (SSSR count). The van der Waals surface area contributed by atoms with Gasteiger partial charge in [0.25, 0.3) is 6.26 Å². The third kappa shape index (κ3) is 1.14. The first-order valence-electron chi connectivity index (χ1n) is 2.57. The molecule has 0 radical (unpaired) electrons. The summed E-state index contributed by atoms with van der Waals surface area (Å²) < 4.78 is 4.03. The lowest BCUT2D eigenvalue weighted by molar-refractivity contribution is 0.0685. The number of esters is 1. The molecule has 4 heteroatoms. The van der Waals surface area contributed by atoms with Gasteiger partial charge < -0.3 is 9.72 Å². The van der Waals surface area contributed by atoms with E-state index in [-0.39, 0.29) is 0 Å². The van der Waals surface area contributed by atoms with Crippen molar-refractivity contribution in [2.75, 3.05) is 0 Å². The molecule has 0 saturated carbocycles. The van der Waals surface area contributed by atoms with Gasteiger partial charge in [0.1, 0.15) is 0 Å². The lowest BCUT2D eigenvalue weighted by Crippen LogP contribution is -1.97. The molecule has 0 aromatic carbocycles. The van der Waals surface area contributed by atoms with Crippen molar-refractivity contribution in [1.82, 2.24) is 4.98 Å². The minimum atomic E-state index is -0.635. The fourth-order valence-corrected chi connectivity index (χ4v) is 0.551. The van der Waals surface area contributed by atoms with Crippen molar-refractivity contribution in [3.63, 3.8) is 0 Å². The van der Waals surface area contributed by atoms with Gasteiger partial charge in [0.05, 0.1) is 5.56 Å². The second-order valence-electron chi connectivity index (χ2n) is 1.58. The van der Waals surface area contributed by atoms with Crippen molar-refractivity contribution in [2.45, 2.75) is 0 Å². The van der Waals surface area contributed by atoms with E-state index in [9.17, 15) is 4.79 Å². The van der Waals surface area contributed by atoms with E-state index in [0.717, 1.165) is 0 Å². The van der Waals surface area contributed by atoms with Crippen LogP contribution in [-0.2, 0) is 4.74 Å². The Bertz CT molecular complexity index is 258. The Morgan fingerprint density at radius 1 is 1.80 bits per heavy atom. The predicted molar refractivity (Wildman–Crippen MR) is 31.8 cm³/mol. The van der Waals surface area contributed by atoms with Crippen molar-refractivity contribution < 1.29 is 9.53 Å². The maximum absolute atomic E-state index is 10.6. The number of ether oxygens (including phenoxy) is 1. The molecule has 0 spiro atoms. The van der Waals surface area contributed by atoms with E-state index in [1.807, 2.05) is 0 Å². The summed E-state index contributed by atoms with van der Waals surface area (Å²) in [4.78, 5) is 13.3. The molecule has 50 valence electrons. The second-order valence-corrected chi connectivity index (χ2v) is 1.58. The Morgan fingerprint density at radius 2 is 2.60 bits per heavy atom. The number of nitrogens with zero attached hydrogens (tertiary/aromatic N) is 1. The number of rotatable bonds is 1. The van der Waals surface area contributed by atoms with Gasteiger partial charge in [-0.3, -0.25) is 0 Å². The van der Waals surface area contributed by atoms with Gasteiger partial charge >= 0.3 is 5.97 Å². The highest BCUT2D eigenvalue weighted by molar-refractivity contribution is 5.89. The Hall–Kier alpha value is -1.76. The Kier molecular flexibility index (Phi) is 1.71. The quantitative estimate of drug-likeness (QED) is 0.455. The summed E-state index contributed by atoms with van der Waals surface area (Å²) in [6, 6.07) is 1.53. The molecule has 0 fully saturated rings. The molecule has 0 unspecified atom stereocenters. The van der Waals surface area contributed by atoms with E-state index < -0.39 is 5.97 Å². The molecule has 0 aliphatic rings. The largest absolute Gasteiger partial charge is 0.367 e. The summed E-state index contributed by atoms with van der Waals surface area (Å²) in [5.74, 6) is -0.635. The third-order valence-electron chi connectivity index (χ3n) is 0.972. The highest BCUT2D eigenvalue weighted by Crippen LogP contribution is 1.97. The molecule has 4 nitrogen and oxygen atoms in total. The van der Waals surface area contributed by atoms with Gasteiger partial charge in [-0.15, -0.1) is 5.26 Å². The van der Waals surface area contributed by atoms with Crippen molar-refractivity contribution in [2.24, 2.45) is 0 Å². The highest BCUT2D eigenvalue weighted by atomic mass is 16.5. The molecule has 0 bridgehead atoms. The number of carbonyl (C=O) groups excluding carboxylic acids is 1. The molecule has 0 saturated heterocycles. The molecule has 1 N–H and O–H groups in total. The number of nitriles is 1. The SMILES string of the molecule is N#COC(=O)c1cc[nH]c1. The Balaban J connectivity index is 2.71. The van der Waals surface area contributed by atoms with Gasteiger partial charge in [-0.2, -0.15) is 0 Å². The van der Waals surface area contributed by atoms with Gasteiger partial charge in [-0.25, -0.2) is 4.79 Å². The molecular weight excluding hydrogens is 132 g/mol. The number of aromatic nitrogens is 1. The van der Waals surface area contributed by atoms with Gasteiger partial charge in [-0.1, -0.05) is 0 Å². The van der Waals surface area contributed by atoms with Crippen LogP contribution < -0.4 is 0 Å². The summed E-state index contributed by atoms with van der Waals surface area (Å²) in [7, 11) is 0. The normalized spacial score (nSPS) is 8.30. The molecule has 1 aromatic rings. The van der Waals surface area contributed by atoms with E-state index in [1.54, 1.807) is 6.20 Å². The zero-order valence-corrected chi connectivity index (χ0v) is 5.00. The smallest absolute Gasteiger partial charge is 0.354 e. The third-order valence-corrected chi connectivity index (χ3v) is 0.972. The molecule has 0 amide bonds. The minimum Gasteiger partial charge on any atom is -0.367 e. The lowest BCUT2D eigenvalue weighted by Gasteiger charge is -1.86. The van der Waals surface area contributed by atoms with Crippen LogP contribution in [0, 0.1) is 11.5 Å². The first-order valence-corrected chi connectivity index (χ1v) is 2.57. The number of aromatic amines is 1. The van der Waals surface area contributed by atoms with E-state index in [0.29, 0.717) is 5.56 Å². The second kappa shape index (κ2) is 2.69. The van der Waals surface area contributed by atoms with Crippen LogP contribution in [0.1, 0.15) is 10.4 Å². The van der Waals surface area contributed by atoms with Crippen molar-refractivity contribution in [3.8, 4) is 6.26 Å². The molecule has 10 heavy (non-hydrogen) atoms. The van der Waals surface area contributed by atoms with Crippen molar-refractivity contribution >= 4 is 5.97 Å². The van der Waals surface area contributed by atoms with Crippen LogP contribution in [0.5, 0.6) is 0 Å². The van der Waals surface area contributed by atoms with Crippen LogP contribution in [0.3, 0.4) is 0 Å². The topological polar surface area (TPSA) is 65.9 Å². The maximum atomic E-state index is 10.6. The first kappa shape index (κ1) is 6.36. The van der Waals surface area contributed by atoms with E-state index in [2.05, 4.69) is 9.72 Å². The number of hydrogen-bond donors (Lipinski definition) is 1. The average molecular weight is 136 g/mol. The molecule has 0 aliphatic heterocycles. The fraction of sp³-hybridized carbons (Fsp3) is 0. The maximum Gasteiger partial charge on any atom is 0.354 e. The molecule has 0 atom stereocenters. The zero-order valence-electron chi connectivity index (χ0n) is 5.00. The monoisotopic (exact) mass is 136 g/mol. The minimum absolute atomic E-state index is 0.349. The number of hydrogen-bond acceptors (Lipinski definition) is 3. The predicted octanol–water partition coefficient (Wildman–Crippen LogP) is 0.653. The van der Waals surface area contributed by atoms with Crippen LogP contribution in [0.2, 0.25) is 0 Å². The van der Waals surface area contributed by atoms with Crippen molar-refractivity contribution in [1.29, 1.82) is 5.26 Å². The summed E-state index contributed by atoms with van der Waals surface area (Å²) >= 11 is 0. The number of H-pyrrole nitrogens is 1. The van der Waals surface area contributed by atoms with Crippen LogP contribution >= 0.6 is 0 Å². The Labute approximate surface area is 57.0 Å². The van der Waals surface area contributed by atoms with Crippen molar-refractivity contribution in [3.05, 3.63) is 24.0 Å². The molecular formula is C6H4N2O2. The zero-order chi connectivity index (χ0) is 7.40. The summed E-state index contributed by atoms with van der Waals surface area (Å²) in [6.45, 7) is 0. The van der Waals surface area contributed by atoms with Gasteiger partial charge in [0.15, 0.2) is 0 Å². The summed E-state index contributed by atoms with van der Waals surface area (Å²) in [5.41, 5.74) is 0.349. The van der Waals surface area contributed by atoms with Crippen LogP contribution in [0.4, 0.5) is 0 Å². The summed E-state index contributed by atoms with van der Waals surface area (Å²) in [6.07, 6.45) is 4.33. The average Bonchev–Trinajstić information content (AvgIpc) is 2.38. The number of carbonyl (C=O) groups is 1. The van der Waals surface area contributed by atoms with Crippen LogP contribution in [0.25, 0.3) is 0 Å². The standard InChI is InChI=1S/C6H4N2O2/c7-4-10-6(9)5-1-2-8-3-5/h1-3,8H. The van der Waals surface area contributed by atoms with Gasteiger partial charge in [-0.05, 0) is 6.07 Å².